The summed E-state index contributed by atoms with van der Waals surface area (Å²) in [5.41, 5.74) is -1.12. The summed E-state index contributed by atoms with van der Waals surface area (Å²) < 4.78 is 39.7. The minimum atomic E-state index is -4.43. The zero-order valence-electron chi connectivity index (χ0n) is 11.2. The summed E-state index contributed by atoms with van der Waals surface area (Å²) in [6.07, 6.45) is -3.23. The minimum absolute atomic E-state index is 0.104. The fourth-order valence-corrected chi connectivity index (χ4v) is 3.03. The van der Waals surface area contributed by atoms with Gasteiger partial charge in [0.25, 0.3) is 0 Å². The van der Waals surface area contributed by atoms with E-state index in [9.17, 15) is 18.0 Å². The summed E-state index contributed by atoms with van der Waals surface area (Å²) in [5.74, 6) is -0.196. The third-order valence-corrected chi connectivity index (χ3v) is 3.95. The smallest absolute Gasteiger partial charge is 0.352 e. The number of hydrogen-bond donors (Lipinski definition) is 1. The molecule has 1 spiro atoms. The maximum atomic E-state index is 13.2. The molecular weight excluding hydrogens is 269 g/mol. The van der Waals surface area contributed by atoms with Crippen molar-refractivity contribution in [1.29, 1.82) is 0 Å². The van der Waals surface area contributed by atoms with Crippen LogP contribution in [0.3, 0.4) is 0 Å². The molecule has 6 heteroatoms. The maximum Gasteiger partial charge on any atom is 0.418 e. The number of alkyl halides is 3. The number of benzene rings is 1. The highest BCUT2D eigenvalue weighted by Gasteiger charge is 2.59. The summed E-state index contributed by atoms with van der Waals surface area (Å²) in [4.78, 5) is 13.8. The monoisotopic (exact) mass is 284 g/mol. The Morgan fingerprint density at radius 1 is 1.30 bits per heavy atom. The van der Waals surface area contributed by atoms with E-state index in [2.05, 4.69) is 5.32 Å². The number of carbonyl (C=O) groups is 1. The number of rotatable bonds is 1. The van der Waals surface area contributed by atoms with Crippen molar-refractivity contribution in [3.05, 3.63) is 23.8 Å². The van der Waals surface area contributed by atoms with Crippen LogP contribution in [-0.2, 0) is 11.0 Å². The van der Waals surface area contributed by atoms with E-state index in [4.69, 9.17) is 0 Å². The van der Waals surface area contributed by atoms with E-state index in [-0.39, 0.29) is 23.3 Å². The molecule has 20 heavy (non-hydrogen) atoms. The first-order valence-electron chi connectivity index (χ1n) is 6.58. The van der Waals surface area contributed by atoms with Crippen molar-refractivity contribution in [2.75, 3.05) is 10.2 Å². The molecule has 1 aliphatic heterocycles. The standard InChI is InChI=1S/C14H15F3N2O/c1-8(2)19-11-9(14(15,16)17)4-3-5-10(11)18-12(20)13(19)6-7-13/h3-5,8H,6-7H2,1-2H3,(H,18,20). The SMILES string of the molecule is CC(C)N1c2c(cccc2C(F)(F)F)NC(=O)C12CC2. The number of nitrogens with one attached hydrogen (secondary N) is 1. The topological polar surface area (TPSA) is 32.3 Å². The predicted molar refractivity (Wildman–Crippen MR) is 69.7 cm³/mol. The third kappa shape index (κ3) is 1.70. The quantitative estimate of drug-likeness (QED) is 0.857. The molecule has 1 aromatic rings. The van der Waals surface area contributed by atoms with Gasteiger partial charge in [-0.05, 0) is 38.8 Å². The number of halogens is 3. The van der Waals surface area contributed by atoms with E-state index in [1.54, 1.807) is 4.90 Å². The van der Waals surface area contributed by atoms with E-state index in [1.165, 1.54) is 12.1 Å². The average Bonchev–Trinajstić information content (AvgIpc) is 3.09. The van der Waals surface area contributed by atoms with Crippen LogP contribution in [0.15, 0.2) is 18.2 Å². The van der Waals surface area contributed by atoms with Gasteiger partial charge >= 0.3 is 6.18 Å². The number of anilines is 2. The van der Waals surface area contributed by atoms with Crippen molar-refractivity contribution in [1.82, 2.24) is 0 Å². The summed E-state index contributed by atoms with van der Waals surface area (Å²) in [7, 11) is 0. The van der Waals surface area contributed by atoms with Crippen molar-refractivity contribution in [2.45, 2.75) is 44.4 Å². The second-order valence-electron chi connectivity index (χ2n) is 5.65. The van der Waals surface area contributed by atoms with Gasteiger partial charge in [0.2, 0.25) is 5.91 Å². The van der Waals surface area contributed by atoms with Crippen molar-refractivity contribution in [3.8, 4) is 0 Å². The first kappa shape index (κ1) is 13.3. The number of carbonyl (C=O) groups excluding carboxylic acids is 1. The summed E-state index contributed by atoms with van der Waals surface area (Å²) in [5, 5.41) is 2.63. The highest BCUT2D eigenvalue weighted by Crippen LogP contribution is 2.54. The summed E-state index contributed by atoms with van der Waals surface area (Å²) in [6, 6.07) is 3.74. The van der Waals surface area contributed by atoms with Gasteiger partial charge in [0, 0.05) is 6.04 Å². The van der Waals surface area contributed by atoms with Crippen LogP contribution in [0, 0.1) is 0 Å². The van der Waals surface area contributed by atoms with Crippen LogP contribution in [0.5, 0.6) is 0 Å². The van der Waals surface area contributed by atoms with E-state index in [1.807, 2.05) is 13.8 Å². The Balaban J connectivity index is 2.24. The number of hydrogen-bond acceptors (Lipinski definition) is 2. The third-order valence-electron chi connectivity index (χ3n) is 3.95. The minimum Gasteiger partial charge on any atom is -0.352 e. The van der Waals surface area contributed by atoms with Crippen molar-refractivity contribution in [3.63, 3.8) is 0 Å². The lowest BCUT2D eigenvalue weighted by molar-refractivity contribution is -0.137. The van der Waals surface area contributed by atoms with Gasteiger partial charge < -0.3 is 10.2 Å². The summed E-state index contributed by atoms with van der Waals surface area (Å²) in [6.45, 7) is 3.63. The van der Waals surface area contributed by atoms with Gasteiger partial charge in [0.15, 0.2) is 0 Å². The zero-order valence-corrected chi connectivity index (χ0v) is 11.2. The highest BCUT2D eigenvalue weighted by atomic mass is 19.4. The molecule has 0 radical (unpaired) electrons. The van der Waals surface area contributed by atoms with E-state index < -0.39 is 17.3 Å². The Bertz CT molecular complexity index is 576. The van der Waals surface area contributed by atoms with Gasteiger partial charge in [0.05, 0.1) is 16.9 Å². The van der Waals surface area contributed by atoms with E-state index >= 15 is 0 Å². The van der Waals surface area contributed by atoms with Crippen LogP contribution < -0.4 is 10.2 Å². The van der Waals surface area contributed by atoms with Gasteiger partial charge in [-0.15, -0.1) is 0 Å². The Labute approximate surface area is 114 Å². The molecule has 1 aliphatic carbocycles. The second-order valence-corrected chi connectivity index (χ2v) is 5.65. The van der Waals surface area contributed by atoms with Crippen LogP contribution in [-0.4, -0.2) is 17.5 Å². The molecule has 3 nitrogen and oxygen atoms in total. The molecule has 0 atom stereocenters. The van der Waals surface area contributed by atoms with Crippen LogP contribution in [0.1, 0.15) is 32.3 Å². The fourth-order valence-electron chi connectivity index (χ4n) is 3.03. The predicted octanol–water partition coefficient (Wildman–Crippen LogP) is 3.40. The lowest BCUT2D eigenvalue weighted by atomic mass is 9.99. The number of para-hydroxylation sites is 1. The van der Waals surface area contributed by atoms with Gasteiger partial charge in [-0.2, -0.15) is 13.2 Å². The lowest BCUT2D eigenvalue weighted by Crippen LogP contribution is -2.54. The molecule has 0 aromatic heterocycles. The van der Waals surface area contributed by atoms with E-state index in [0.29, 0.717) is 12.8 Å². The molecule has 0 saturated heterocycles. The molecule has 1 aromatic carbocycles. The highest BCUT2D eigenvalue weighted by molar-refractivity contribution is 6.09. The number of fused-ring (bicyclic) bond motifs is 1. The van der Waals surface area contributed by atoms with Crippen molar-refractivity contribution >= 4 is 17.3 Å². The van der Waals surface area contributed by atoms with Gasteiger partial charge in [-0.25, -0.2) is 0 Å². The van der Waals surface area contributed by atoms with E-state index in [0.717, 1.165) is 6.07 Å². The fraction of sp³-hybridized carbons (Fsp3) is 0.500. The number of nitrogens with zero attached hydrogens (tertiary/aromatic N) is 1. The largest absolute Gasteiger partial charge is 0.418 e. The lowest BCUT2D eigenvalue weighted by Gasteiger charge is -2.42. The molecule has 1 heterocycles. The Morgan fingerprint density at radius 2 is 1.95 bits per heavy atom. The first-order chi connectivity index (χ1) is 9.27. The van der Waals surface area contributed by atoms with Crippen LogP contribution in [0.2, 0.25) is 0 Å². The molecular formula is C14H15F3N2O. The second kappa shape index (κ2) is 3.90. The molecule has 0 unspecified atom stereocenters. The van der Waals surface area contributed by atoms with Crippen molar-refractivity contribution in [2.24, 2.45) is 0 Å². The van der Waals surface area contributed by atoms with Crippen LogP contribution in [0.4, 0.5) is 24.5 Å². The Morgan fingerprint density at radius 3 is 2.45 bits per heavy atom. The van der Waals surface area contributed by atoms with Crippen molar-refractivity contribution < 1.29 is 18.0 Å². The first-order valence-corrected chi connectivity index (χ1v) is 6.58. The average molecular weight is 284 g/mol. The molecule has 1 N–H and O–H groups in total. The molecule has 1 amide bonds. The molecule has 1 fully saturated rings. The molecule has 2 aliphatic rings. The maximum absolute atomic E-state index is 13.2. The molecule has 3 rings (SSSR count). The van der Waals surface area contributed by atoms with Gasteiger partial charge in [-0.3, -0.25) is 4.79 Å². The summed E-state index contributed by atoms with van der Waals surface area (Å²) >= 11 is 0. The Kier molecular flexibility index (Phi) is 2.59. The zero-order chi connectivity index (χ0) is 14.7. The molecule has 0 bridgehead atoms. The van der Waals surface area contributed by atoms with Crippen LogP contribution >= 0.6 is 0 Å². The van der Waals surface area contributed by atoms with Gasteiger partial charge in [-0.1, -0.05) is 6.07 Å². The Hall–Kier alpha value is -1.72. The van der Waals surface area contributed by atoms with Crippen LogP contribution in [0.25, 0.3) is 0 Å². The normalized spacial score (nSPS) is 20.1. The molecule has 1 saturated carbocycles. The number of amides is 1. The molecule has 108 valence electrons. The van der Waals surface area contributed by atoms with Gasteiger partial charge in [0.1, 0.15) is 5.54 Å².